The molecule has 0 radical (unpaired) electrons. The fourth-order valence-electron chi connectivity index (χ4n) is 2.22. The molecule has 0 aliphatic heterocycles. The van der Waals surface area contributed by atoms with Crippen molar-refractivity contribution < 1.29 is 41.3 Å². The van der Waals surface area contributed by atoms with Gasteiger partial charge in [0.25, 0.3) is 0 Å². The third kappa shape index (κ3) is 5.12. The van der Waals surface area contributed by atoms with Crippen LogP contribution in [0.1, 0.15) is 11.1 Å². The second kappa shape index (κ2) is 7.65. The maximum atomic E-state index is 13.9. The van der Waals surface area contributed by atoms with E-state index in [0.717, 1.165) is 6.07 Å². The van der Waals surface area contributed by atoms with Gasteiger partial charge in [-0.15, -0.1) is 0 Å². The summed E-state index contributed by atoms with van der Waals surface area (Å²) in [5.74, 6) is -3.91. The Balaban J connectivity index is 2.26. The number of phosphoric acid groups is 1. The second-order valence-electron chi connectivity index (χ2n) is 6.98. The van der Waals surface area contributed by atoms with Crippen molar-refractivity contribution in [3.63, 3.8) is 0 Å². The summed E-state index contributed by atoms with van der Waals surface area (Å²) in [5, 5.41) is 9.17. The van der Waals surface area contributed by atoms with Crippen molar-refractivity contribution in [1.82, 2.24) is 0 Å². The van der Waals surface area contributed by atoms with Crippen LogP contribution in [0.4, 0.5) is 8.78 Å². The van der Waals surface area contributed by atoms with Crippen LogP contribution in [0.15, 0.2) is 15.3 Å². The van der Waals surface area contributed by atoms with Crippen molar-refractivity contribution in [3.05, 3.63) is 39.2 Å². The molecule has 2 N–H and O–H groups in total. The van der Waals surface area contributed by atoms with Crippen LogP contribution in [-0.4, -0.2) is 48.8 Å². The number of quaternary nitrogens is 1. The van der Waals surface area contributed by atoms with Crippen molar-refractivity contribution in [1.29, 1.82) is 0 Å². The Morgan fingerprint density at radius 2 is 1.89 bits per heavy atom. The molecule has 1 aromatic carbocycles. The monoisotopic (exact) mass is 408 g/mol. The number of phenols is 1. The molecule has 0 fully saturated rings. The van der Waals surface area contributed by atoms with E-state index < -0.39 is 43.0 Å². The normalized spacial score (nSPS) is 14.5. The molecule has 0 saturated carbocycles. The molecule has 0 aliphatic carbocycles. The van der Waals surface area contributed by atoms with Crippen LogP contribution < -0.4 is 5.63 Å². The van der Waals surface area contributed by atoms with E-state index in [1.54, 1.807) is 0 Å². The number of aryl methyl sites for hydroxylation is 1. The Hall–Kier alpha value is -1.84. The number of hydrogen-bond donors (Lipinski definition) is 2. The summed E-state index contributed by atoms with van der Waals surface area (Å²) in [6.45, 7) is 1.09. The first-order chi connectivity index (χ1) is 12.3. The van der Waals surface area contributed by atoms with E-state index in [0.29, 0.717) is 11.0 Å². The molecule has 11 heteroatoms. The number of benzene rings is 1. The van der Waals surface area contributed by atoms with Gasteiger partial charge in [-0.1, -0.05) is 0 Å². The molecule has 1 unspecified atom stereocenters. The van der Waals surface area contributed by atoms with E-state index in [-0.39, 0.29) is 23.1 Å². The second-order valence-corrected chi connectivity index (χ2v) is 8.43. The van der Waals surface area contributed by atoms with Crippen LogP contribution in [0.2, 0.25) is 0 Å². The van der Waals surface area contributed by atoms with Crippen molar-refractivity contribution in [2.24, 2.45) is 0 Å². The molecule has 0 bridgehead atoms. The van der Waals surface area contributed by atoms with Crippen molar-refractivity contribution in [2.75, 3.05) is 34.3 Å². The van der Waals surface area contributed by atoms with E-state index in [1.807, 2.05) is 21.1 Å². The van der Waals surface area contributed by atoms with Crippen LogP contribution in [-0.2, 0) is 20.2 Å². The first-order valence-corrected chi connectivity index (χ1v) is 9.37. The van der Waals surface area contributed by atoms with Crippen LogP contribution in [0.3, 0.4) is 0 Å². The minimum Gasteiger partial charge on any atom is -0.503 e. The Bertz CT molecular complexity index is 968. The summed E-state index contributed by atoms with van der Waals surface area (Å²) in [4.78, 5) is 21.8. The van der Waals surface area contributed by atoms with Crippen LogP contribution in [0.5, 0.6) is 5.75 Å². The summed E-state index contributed by atoms with van der Waals surface area (Å²) in [7, 11) is 1.15. The van der Waals surface area contributed by atoms with Gasteiger partial charge >= 0.3 is 13.4 Å². The fourth-order valence-corrected chi connectivity index (χ4v) is 2.90. The molecule has 150 valence electrons. The van der Waals surface area contributed by atoms with E-state index in [1.165, 1.54) is 6.92 Å². The summed E-state index contributed by atoms with van der Waals surface area (Å²) in [5.41, 5.74) is -1.77. The van der Waals surface area contributed by atoms with Gasteiger partial charge in [-0.2, -0.15) is 4.39 Å². The first kappa shape index (κ1) is 21.5. The zero-order chi connectivity index (χ0) is 20.6. The quantitative estimate of drug-likeness (QED) is 0.412. The van der Waals surface area contributed by atoms with Gasteiger partial charge in [0.2, 0.25) is 5.82 Å². The molecule has 1 atom stereocenters. The number of aromatic hydroxyl groups is 1. The molecule has 0 amide bonds. The van der Waals surface area contributed by atoms with Crippen molar-refractivity contribution >= 4 is 18.8 Å². The van der Waals surface area contributed by atoms with Gasteiger partial charge in [0, 0.05) is 5.39 Å². The maximum absolute atomic E-state index is 13.9. The van der Waals surface area contributed by atoms with Gasteiger partial charge in [-0.25, -0.2) is 13.8 Å². The fraction of sp³-hybridized carbons (Fsp3) is 0.438. The lowest BCUT2D eigenvalue weighted by molar-refractivity contribution is -0.870. The minimum atomic E-state index is -4.45. The number of halogens is 2. The molecular formula is C16H21F2NO7P+. The zero-order valence-corrected chi connectivity index (χ0v) is 16.2. The highest BCUT2D eigenvalue weighted by molar-refractivity contribution is 7.47. The summed E-state index contributed by atoms with van der Waals surface area (Å²) in [6.07, 6.45) is 0. The van der Waals surface area contributed by atoms with Gasteiger partial charge in [-0.05, 0) is 18.6 Å². The lowest BCUT2D eigenvalue weighted by Crippen LogP contribution is -2.37. The minimum absolute atomic E-state index is 0.0573. The Labute approximate surface area is 153 Å². The largest absolute Gasteiger partial charge is 0.503 e. The third-order valence-corrected chi connectivity index (χ3v) is 4.80. The average molecular weight is 408 g/mol. The highest BCUT2D eigenvalue weighted by atomic mass is 31.2. The number of hydrogen-bond acceptors (Lipinski definition) is 6. The highest BCUT2D eigenvalue weighted by Gasteiger charge is 2.25. The predicted molar refractivity (Wildman–Crippen MR) is 92.3 cm³/mol. The molecule has 2 aromatic rings. The highest BCUT2D eigenvalue weighted by Crippen LogP contribution is 2.44. The molecular weight excluding hydrogens is 387 g/mol. The van der Waals surface area contributed by atoms with Crippen molar-refractivity contribution in [3.8, 4) is 5.75 Å². The van der Waals surface area contributed by atoms with E-state index in [2.05, 4.69) is 0 Å². The van der Waals surface area contributed by atoms with Gasteiger partial charge in [0.1, 0.15) is 13.2 Å². The molecule has 0 spiro atoms. The van der Waals surface area contributed by atoms with E-state index in [4.69, 9.17) is 13.5 Å². The maximum Gasteiger partial charge on any atom is 0.472 e. The number of nitrogens with zero attached hydrogens (tertiary/aromatic N) is 1. The van der Waals surface area contributed by atoms with Gasteiger partial charge in [0.05, 0.1) is 33.3 Å². The van der Waals surface area contributed by atoms with E-state index >= 15 is 0 Å². The molecule has 8 nitrogen and oxygen atoms in total. The molecule has 1 heterocycles. The summed E-state index contributed by atoms with van der Waals surface area (Å²) in [6, 6.07) is 0.797. The molecule has 27 heavy (non-hydrogen) atoms. The Morgan fingerprint density at radius 3 is 2.48 bits per heavy atom. The van der Waals surface area contributed by atoms with Gasteiger partial charge in [-0.3, -0.25) is 9.05 Å². The SMILES string of the molecule is Cc1c(COP(=O)(O)OCC[N+](C)(C)C)c(=O)oc2c(F)c(O)c(F)cc12. The lowest BCUT2D eigenvalue weighted by atomic mass is 10.1. The van der Waals surface area contributed by atoms with Crippen LogP contribution in [0, 0.1) is 18.6 Å². The molecule has 1 aromatic heterocycles. The third-order valence-electron chi connectivity index (χ3n) is 3.84. The van der Waals surface area contributed by atoms with Crippen LogP contribution in [0.25, 0.3) is 11.0 Å². The first-order valence-electron chi connectivity index (χ1n) is 7.88. The number of fused-ring (bicyclic) bond motifs is 1. The number of rotatable bonds is 7. The topological polar surface area (TPSA) is 106 Å². The predicted octanol–water partition coefficient (Wildman–Crippen LogP) is 2.43. The number of likely N-dealkylation sites (N-methyl/N-ethyl adjacent to an activating group) is 1. The van der Waals surface area contributed by atoms with Gasteiger partial charge < -0.3 is 18.9 Å². The van der Waals surface area contributed by atoms with E-state index in [9.17, 15) is 28.1 Å². The standard InChI is InChI=1S/C16H20F2NO7P/c1-9-10-7-12(17)14(20)13(18)15(10)26-16(21)11(9)8-25-27(22,23)24-6-5-19(2,3)4/h7H,5-6,8H2,1-4H3,(H-,20,21,22,23)/p+1. The molecule has 0 saturated heterocycles. The van der Waals surface area contributed by atoms with Gasteiger partial charge in [0.15, 0.2) is 17.1 Å². The summed E-state index contributed by atoms with van der Waals surface area (Å²) >= 11 is 0. The van der Waals surface area contributed by atoms with Crippen molar-refractivity contribution in [2.45, 2.75) is 13.5 Å². The summed E-state index contributed by atoms with van der Waals surface area (Å²) < 4.78 is 54.3. The smallest absolute Gasteiger partial charge is 0.472 e. The zero-order valence-electron chi connectivity index (χ0n) is 15.3. The Kier molecular flexibility index (Phi) is 6.08. The average Bonchev–Trinajstić information content (AvgIpc) is 2.52. The Morgan fingerprint density at radius 1 is 1.26 bits per heavy atom. The molecule has 2 rings (SSSR count). The number of phosphoric ester groups is 1. The molecule has 0 aliphatic rings. The van der Waals surface area contributed by atoms with Crippen LogP contribution >= 0.6 is 7.82 Å². The lowest BCUT2D eigenvalue weighted by Gasteiger charge is -2.24. The number of phenolic OH excluding ortho intramolecular Hbond substituents is 1.